The van der Waals surface area contributed by atoms with Gasteiger partial charge < -0.3 is 15.8 Å². The number of benzene rings is 2. The number of rotatable bonds is 5. The molecular weight excluding hydrogens is 278 g/mol. The Kier molecular flexibility index (Phi) is 3.91. The van der Waals surface area contributed by atoms with E-state index in [1.807, 2.05) is 54.6 Å². The van der Waals surface area contributed by atoms with Crippen molar-refractivity contribution in [2.24, 2.45) is 0 Å². The quantitative estimate of drug-likeness (QED) is 0.756. The van der Waals surface area contributed by atoms with Crippen molar-refractivity contribution < 1.29 is 4.74 Å². The third-order valence-electron chi connectivity index (χ3n) is 3.26. The summed E-state index contributed by atoms with van der Waals surface area (Å²) in [5.41, 5.74) is 7.82. The third kappa shape index (κ3) is 2.85. The lowest BCUT2D eigenvalue weighted by atomic mass is 10.2. The molecule has 6 heteroatoms. The molecule has 0 saturated carbocycles. The second-order valence-electron chi connectivity index (χ2n) is 4.71. The van der Waals surface area contributed by atoms with Gasteiger partial charge in [-0.25, -0.2) is 0 Å². The summed E-state index contributed by atoms with van der Waals surface area (Å²) in [5, 5.41) is 7.54. The highest BCUT2D eigenvalue weighted by Gasteiger charge is 2.09. The van der Waals surface area contributed by atoms with Crippen molar-refractivity contribution in [1.82, 2.24) is 14.8 Å². The summed E-state index contributed by atoms with van der Waals surface area (Å²) in [5.74, 6) is 1.64. The largest absolute Gasteiger partial charge is 0.496 e. The monoisotopic (exact) mass is 295 g/mol. The van der Waals surface area contributed by atoms with E-state index in [0.717, 1.165) is 17.0 Å². The molecule has 0 unspecified atom stereocenters. The van der Waals surface area contributed by atoms with E-state index >= 15 is 0 Å². The topological polar surface area (TPSA) is 78.0 Å². The van der Waals surface area contributed by atoms with E-state index in [-0.39, 0.29) is 0 Å². The van der Waals surface area contributed by atoms with E-state index in [1.165, 1.54) is 0 Å². The highest BCUT2D eigenvalue weighted by Crippen LogP contribution is 2.19. The van der Waals surface area contributed by atoms with Crippen LogP contribution in [-0.2, 0) is 6.54 Å². The van der Waals surface area contributed by atoms with Crippen molar-refractivity contribution in [2.75, 3.05) is 18.2 Å². The number of ether oxygens (including phenoxy) is 1. The zero-order valence-electron chi connectivity index (χ0n) is 12.2. The zero-order valence-corrected chi connectivity index (χ0v) is 12.2. The highest BCUT2D eigenvalue weighted by molar-refractivity contribution is 5.43. The molecule has 0 radical (unpaired) electrons. The molecule has 22 heavy (non-hydrogen) atoms. The lowest BCUT2D eigenvalue weighted by Gasteiger charge is -2.07. The molecule has 3 rings (SSSR count). The zero-order chi connectivity index (χ0) is 15.4. The summed E-state index contributed by atoms with van der Waals surface area (Å²) in [6, 6.07) is 17.5. The van der Waals surface area contributed by atoms with Crippen molar-refractivity contribution in [1.29, 1.82) is 0 Å². The Balaban J connectivity index is 1.77. The maximum absolute atomic E-state index is 5.92. The van der Waals surface area contributed by atoms with Crippen molar-refractivity contribution in [3.05, 3.63) is 60.2 Å². The molecule has 0 aliphatic carbocycles. The van der Waals surface area contributed by atoms with E-state index in [2.05, 4.69) is 15.4 Å². The van der Waals surface area contributed by atoms with Crippen LogP contribution in [0.15, 0.2) is 54.6 Å². The molecule has 0 aliphatic rings. The van der Waals surface area contributed by atoms with Crippen molar-refractivity contribution >= 4 is 11.9 Å². The second-order valence-corrected chi connectivity index (χ2v) is 4.71. The highest BCUT2D eigenvalue weighted by atomic mass is 16.5. The molecule has 3 aromatic rings. The molecule has 1 aromatic heterocycles. The van der Waals surface area contributed by atoms with Crippen LogP contribution in [0, 0.1) is 0 Å². The average Bonchev–Trinajstić information content (AvgIpc) is 2.95. The molecule has 0 amide bonds. The molecule has 112 valence electrons. The number of aromatic nitrogens is 3. The Labute approximate surface area is 128 Å². The van der Waals surface area contributed by atoms with E-state index in [4.69, 9.17) is 10.5 Å². The number of methoxy groups -OCH3 is 1. The Hall–Kier alpha value is -3.02. The minimum absolute atomic E-state index is 0.341. The van der Waals surface area contributed by atoms with E-state index in [9.17, 15) is 0 Å². The van der Waals surface area contributed by atoms with Gasteiger partial charge in [-0.3, -0.25) is 0 Å². The van der Waals surface area contributed by atoms with Crippen molar-refractivity contribution in [2.45, 2.75) is 6.54 Å². The Bertz CT molecular complexity index is 754. The molecule has 0 saturated heterocycles. The SMILES string of the molecule is COc1ccccc1CNc1nc(N)n(-c2ccccc2)n1. The van der Waals surface area contributed by atoms with E-state index in [0.29, 0.717) is 18.4 Å². The minimum Gasteiger partial charge on any atom is -0.496 e. The normalized spacial score (nSPS) is 10.4. The molecule has 3 N–H and O–H groups in total. The first-order valence-electron chi connectivity index (χ1n) is 6.91. The van der Waals surface area contributed by atoms with Gasteiger partial charge in [-0.05, 0) is 18.2 Å². The Morgan fingerprint density at radius 1 is 1.09 bits per heavy atom. The smallest absolute Gasteiger partial charge is 0.244 e. The summed E-state index contributed by atoms with van der Waals surface area (Å²) in [7, 11) is 1.65. The van der Waals surface area contributed by atoms with Crippen LogP contribution >= 0.6 is 0 Å². The van der Waals surface area contributed by atoms with Gasteiger partial charge in [0, 0.05) is 12.1 Å². The summed E-state index contributed by atoms with van der Waals surface area (Å²) >= 11 is 0. The van der Waals surface area contributed by atoms with E-state index in [1.54, 1.807) is 11.8 Å². The van der Waals surface area contributed by atoms with Gasteiger partial charge in [0.25, 0.3) is 0 Å². The van der Waals surface area contributed by atoms with Gasteiger partial charge in [0.2, 0.25) is 11.9 Å². The van der Waals surface area contributed by atoms with Crippen LogP contribution in [0.4, 0.5) is 11.9 Å². The van der Waals surface area contributed by atoms with Gasteiger partial charge in [-0.1, -0.05) is 36.4 Å². The minimum atomic E-state index is 0.341. The predicted octanol–water partition coefficient (Wildman–Crippen LogP) is 2.47. The van der Waals surface area contributed by atoms with Gasteiger partial charge in [0.1, 0.15) is 5.75 Å². The molecule has 0 atom stereocenters. The number of nitrogens with two attached hydrogens (primary N) is 1. The summed E-state index contributed by atoms with van der Waals surface area (Å²) in [6.07, 6.45) is 0. The van der Waals surface area contributed by atoms with Crippen LogP contribution in [0.5, 0.6) is 5.75 Å². The Morgan fingerprint density at radius 3 is 2.59 bits per heavy atom. The fourth-order valence-corrected chi connectivity index (χ4v) is 2.18. The number of para-hydroxylation sites is 2. The second kappa shape index (κ2) is 6.17. The number of nitrogen functional groups attached to an aromatic ring is 1. The van der Waals surface area contributed by atoms with Gasteiger partial charge in [0.05, 0.1) is 12.8 Å². The van der Waals surface area contributed by atoms with Crippen LogP contribution in [0.1, 0.15) is 5.56 Å². The molecule has 0 spiro atoms. The number of hydrogen-bond acceptors (Lipinski definition) is 5. The molecule has 6 nitrogen and oxygen atoms in total. The fraction of sp³-hybridized carbons (Fsp3) is 0.125. The van der Waals surface area contributed by atoms with Crippen LogP contribution in [0.2, 0.25) is 0 Å². The lowest BCUT2D eigenvalue weighted by molar-refractivity contribution is 0.410. The lowest BCUT2D eigenvalue weighted by Crippen LogP contribution is -2.04. The maximum Gasteiger partial charge on any atom is 0.244 e. The Morgan fingerprint density at radius 2 is 1.82 bits per heavy atom. The summed E-state index contributed by atoms with van der Waals surface area (Å²) in [6.45, 7) is 0.558. The predicted molar refractivity (Wildman–Crippen MR) is 86.1 cm³/mol. The van der Waals surface area contributed by atoms with Gasteiger partial charge in [0.15, 0.2) is 0 Å². The van der Waals surface area contributed by atoms with Gasteiger partial charge in [-0.2, -0.15) is 9.67 Å². The average molecular weight is 295 g/mol. The third-order valence-corrected chi connectivity index (χ3v) is 3.26. The molecular formula is C16H17N5O. The molecule has 0 bridgehead atoms. The van der Waals surface area contributed by atoms with Crippen LogP contribution in [0.3, 0.4) is 0 Å². The maximum atomic E-state index is 5.92. The molecule has 0 aliphatic heterocycles. The summed E-state index contributed by atoms with van der Waals surface area (Å²) in [4.78, 5) is 4.24. The molecule has 1 heterocycles. The molecule has 2 aromatic carbocycles. The van der Waals surface area contributed by atoms with Crippen LogP contribution in [-0.4, -0.2) is 21.9 Å². The van der Waals surface area contributed by atoms with Crippen LogP contribution < -0.4 is 15.8 Å². The van der Waals surface area contributed by atoms with Crippen LogP contribution in [0.25, 0.3) is 5.69 Å². The fourth-order valence-electron chi connectivity index (χ4n) is 2.18. The first-order valence-corrected chi connectivity index (χ1v) is 6.91. The molecule has 0 fully saturated rings. The number of anilines is 2. The number of hydrogen-bond donors (Lipinski definition) is 2. The van der Waals surface area contributed by atoms with Crippen molar-refractivity contribution in [3.8, 4) is 11.4 Å². The number of nitrogens with zero attached hydrogens (tertiary/aromatic N) is 3. The van der Waals surface area contributed by atoms with Gasteiger partial charge >= 0.3 is 0 Å². The van der Waals surface area contributed by atoms with Crippen molar-refractivity contribution in [3.63, 3.8) is 0 Å². The number of nitrogens with one attached hydrogen (secondary N) is 1. The first-order chi connectivity index (χ1) is 10.8. The standard InChI is InChI=1S/C16H17N5O/c1-22-14-10-6-5-7-12(14)11-18-16-19-15(17)21(20-16)13-8-3-2-4-9-13/h2-10H,11H2,1H3,(H3,17,18,19,20). The van der Waals surface area contributed by atoms with E-state index < -0.39 is 0 Å². The first kappa shape index (κ1) is 13.9. The summed E-state index contributed by atoms with van der Waals surface area (Å²) < 4.78 is 6.92. The van der Waals surface area contributed by atoms with Gasteiger partial charge in [-0.15, -0.1) is 5.10 Å².